The van der Waals surface area contributed by atoms with Gasteiger partial charge in [0.2, 0.25) is 11.8 Å². The lowest BCUT2D eigenvalue weighted by atomic mass is 10.1. The molecule has 2 amide bonds. The molecule has 8 heteroatoms. The van der Waals surface area contributed by atoms with Crippen molar-refractivity contribution in [3.8, 4) is 0 Å². The van der Waals surface area contributed by atoms with Crippen molar-refractivity contribution in [1.82, 2.24) is 15.2 Å². The van der Waals surface area contributed by atoms with Gasteiger partial charge in [0.1, 0.15) is 11.5 Å². The van der Waals surface area contributed by atoms with Crippen molar-refractivity contribution in [2.75, 3.05) is 18.9 Å². The minimum atomic E-state index is -0.327. The average Bonchev–Trinajstić information content (AvgIpc) is 3.02. The minimum Gasteiger partial charge on any atom is -0.361 e. The highest BCUT2D eigenvalue weighted by Gasteiger charge is 2.16. The number of carbonyl (C=O) groups is 2. The summed E-state index contributed by atoms with van der Waals surface area (Å²) in [4.78, 5) is 25.4. The fourth-order valence-electron chi connectivity index (χ4n) is 2.19. The second-order valence-corrected chi connectivity index (χ2v) is 5.42. The Morgan fingerprint density at radius 2 is 1.96 bits per heavy atom. The number of aryl methyl sites for hydroxylation is 3. The van der Waals surface area contributed by atoms with Gasteiger partial charge in [-0.2, -0.15) is 0 Å². The Bertz CT molecular complexity index is 685. The van der Waals surface area contributed by atoms with Crippen LogP contribution in [0.15, 0.2) is 15.1 Å². The summed E-state index contributed by atoms with van der Waals surface area (Å²) < 4.78 is 9.93. The first kappa shape index (κ1) is 16.7. The van der Waals surface area contributed by atoms with Crippen LogP contribution >= 0.6 is 0 Å². The fraction of sp³-hybridized carbons (Fsp3) is 0.467. The molecule has 2 heterocycles. The van der Waals surface area contributed by atoms with Crippen molar-refractivity contribution >= 4 is 17.6 Å². The monoisotopic (exact) mass is 320 g/mol. The summed E-state index contributed by atoms with van der Waals surface area (Å²) in [5.74, 6) is 1.20. The Morgan fingerprint density at radius 1 is 1.22 bits per heavy atom. The molecule has 2 aromatic rings. The van der Waals surface area contributed by atoms with E-state index in [9.17, 15) is 9.59 Å². The predicted octanol–water partition coefficient (Wildman–Crippen LogP) is 1.62. The molecule has 0 aliphatic rings. The van der Waals surface area contributed by atoms with Crippen LogP contribution in [-0.2, 0) is 16.0 Å². The molecule has 0 fully saturated rings. The van der Waals surface area contributed by atoms with Gasteiger partial charge in [0.05, 0.1) is 12.2 Å². The summed E-state index contributed by atoms with van der Waals surface area (Å²) in [6.07, 6.45) is 0.824. The first-order valence-electron chi connectivity index (χ1n) is 7.25. The maximum Gasteiger partial charge on any atom is 0.245 e. The largest absolute Gasteiger partial charge is 0.361 e. The maximum atomic E-state index is 12.1. The highest BCUT2D eigenvalue weighted by Crippen LogP contribution is 2.14. The third-order valence-corrected chi connectivity index (χ3v) is 3.47. The zero-order valence-electron chi connectivity index (χ0n) is 13.7. The lowest BCUT2D eigenvalue weighted by Gasteiger charge is -2.16. The van der Waals surface area contributed by atoms with Gasteiger partial charge in [0, 0.05) is 25.1 Å². The summed E-state index contributed by atoms with van der Waals surface area (Å²) in [6.45, 7) is 5.34. The van der Waals surface area contributed by atoms with E-state index in [4.69, 9.17) is 9.05 Å². The van der Waals surface area contributed by atoms with Gasteiger partial charge in [-0.3, -0.25) is 9.59 Å². The van der Waals surface area contributed by atoms with Crippen molar-refractivity contribution in [2.45, 2.75) is 33.6 Å². The van der Waals surface area contributed by atoms with Crippen LogP contribution in [0.2, 0.25) is 0 Å². The molecule has 0 saturated carbocycles. The van der Waals surface area contributed by atoms with Crippen molar-refractivity contribution in [3.63, 3.8) is 0 Å². The van der Waals surface area contributed by atoms with Gasteiger partial charge in [0.15, 0.2) is 5.82 Å². The van der Waals surface area contributed by atoms with Crippen molar-refractivity contribution in [1.29, 1.82) is 0 Å². The second-order valence-electron chi connectivity index (χ2n) is 5.42. The number of amides is 2. The van der Waals surface area contributed by atoms with Crippen LogP contribution in [0.3, 0.4) is 0 Å². The van der Waals surface area contributed by atoms with Gasteiger partial charge in [-0.05, 0) is 27.2 Å². The molecular weight excluding hydrogens is 300 g/mol. The molecule has 2 aromatic heterocycles. The molecule has 0 saturated heterocycles. The molecule has 0 bridgehead atoms. The molecular formula is C15H20N4O4. The number of hydrogen-bond acceptors (Lipinski definition) is 6. The minimum absolute atomic E-state index is 0.0493. The van der Waals surface area contributed by atoms with Crippen LogP contribution in [0.1, 0.15) is 29.2 Å². The Hall–Kier alpha value is -2.64. The summed E-state index contributed by atoms with van der Waals surface area (Å²) in [5, 5.41) is 10.1. The van der Waals surface area contributed by atoms with Gasteiger partial charge in [-0.1, -0.05) is 10.3 Å². The Labute approximate surface area is 133 Å². The summed E-state index contributed by atoms with van der Waals surface area (Å²) in [5.41, 5.74) is 1.73. The molecule has 23 heavy (non-hydrogen) atoms. The van der Waals surface area contributed by atoms with Crippen molar-refractivity contribution < 1.29 is 18.6 Å². The lowest BCUT2D eigenvalue weighted by molar-refractivity contribution is -0.133. The van der Waals surface area contributed by atoms with E-state index in [0.29, 0.717) is 18.0 Å². The van der Waals surface area contributed by atoms with Crippen LogP contribution < -0.4 is 5.32 Å². The number of anilines is 1. The number of carbonyl (C=O) groups excluding carboxylic acids is 2. The van der Waals surface area contributed by atoms with E-state index in [2.05, 4.69) is 15.6 Å². The molecule has 2 rings (SSSR count). The van der Waals surface area contributed by atoms with Crippen molar-refractivity contribution in [2.24, 2.45) is 0 Å². The molecule has 1 N–H and O–H groups in total. The molecule has 0 spiro atoms. The molecule has 0 radical (unpaired) electrons. The van der Waals surface area contributed by atoms with E-state index in [-0.39, 0.29) is 24.8 Å². The van der Waals surface area contributed by atoms with Gasteiger partial charge < -0.3 is 19.3 Å². The molecule has 0 unspecified atom stereocenters. The molecule has 0 aliphatic heterocycles. The predicted molar refractivity (Wildman–Crippen MR) is 81.8 cm³/mol. The Kier molecular flexibility index (Phi) is 5.15. The van der Waals surface area contributed by atoms with E-state index >= 15 is 0 Å². The maximum absolute atomic E-state index is 12.1. The third kappa shape index (κ3) is 4.41. The fourth-order valence-corrected chi connectivity index (χ4v) is 2.19. The number of nitrogens with one attached hydrogen (secondary N) is 1. The average molecular weight is 320 g/mol. The van der Waals surface area contributed by atoms with Gasteiger partial charge in [-0.25, -0.2) is 0 Å². The molecule has 124 valence electrons. The quantitative estimate of drug-likeness (QED) is 0.868. The standard InChI is InChI=1S/C15H20N4O4/c1-9-7-13(18-22-9)16-14(20)8-19(4)15(21)6-5-12-10(2)17-23-11(12)3/h7H,5-6,8H2,1-4H3,(H,16,18,20). The van der Waals surface area contributed by atoms with Crippen LogP contribution in [-0.4, -0.2) is 40.6 Å². The zero-order valence-corrected chi connectivity index (χ0v) is 13.7. The van der Waals surface area contributed by atoms with E-state index in [1.807, 2.05) is 13.8 Å². The van der Waals surface area contributed by atoms with E-state index in [1.54, 1.807) is 20.0 Å². The first-order chi connectivity index (χ1) is 10.9. The number of hydrogen-bond donors (Lipinski definition) is 1. The number of nitrogens with zero attached hydrogens (tertiary/aromatic N) is 3. The normalized spacial score (nSPS) is 10.6. The smallest absolute Gasteiger partial charge is 0.245 e. The van der Waals surface area contributed by atoms with Crippen molar-refractivity contribution in [3.05, 3.63) is 28.8 Å². The molecule has 0 aromatic carbocycles. The summed E-state index contributed by atoms with van der Waals surface area (Å²) >= 11 is 0. The Balaban J connectivity index is 1.81. The zero-order chi connectivity index (χ0) is 17.0. The van der Waals surface area contributed by atoms with E-state index in [1.165, 1.54) is 4.90 Å². The highest BCUT2D eigenvalue weighted by atomic mass is 16.5. The van der Waals surface area contributed by atoms with Gasteiger partial charge >= 0.3 is 0 Å². The molecule has 0 aliphatic carbocycles. The van der Waals surface area contributed by atoms with Gasteiger partial charge in [0.25, 0.3) is 0 Å². The number of rotatable bonds is 6. The van der Waals surface area contributed by atoms with Crippen LogP contribution in [0.4, 0.5) is 5.82 Å². The highest BCUT2D eigenvalue weighted by molar-refractivity contribution is 5.93. The third-order valence-electron chi connectivity index (χ3n) is 3.47. The SMILES string of the molecule is Cc1cc(NC(=O)CN(C)C(=O)CCc2c(C)noc2C)no1. The van der Waals surface area contributed by atoms with E-state index in [0.717, 1.165) is 17.0 Å². The molecule has 8 nitrogen and oxygen atoms in total. The van der Waals surface area contributed by atoms with Gasteiger partial charge in [-0.15, -0.1) is 0 Å². The van der Waals surface area contributed by atoms with Crippen LogP contribution in [0.25, 0.3) is 0 Å². The van der Waals surface area contributed by atoms with Crippen LogP contribution in [0, 0.1) is 20.8 Å². The second kappa shape index (κ2) is 7.08. The first-order valence-corrected chi connectivity index (χ1v) is 7.25. The molecule has 0 atom stereocenters. The summed E-state index contributed by atoms with van der Waals surface area (Å²) in [6, 6.07) is 1.61. The lowest BCUT2D eigenvalue weighted by Crippen LogP contribution is -2.35. The number of likely N-dealkylation sites (N-methyl/N-ethyl adjacent to an activating group) is 1. The Morgan fingerprint density at radius 3 is 2.52 bits per heavy atom. The topological polar surface area (TPSA) is 101 Å². The van der Waals surface area contributed by atoms with E-state index < -0.39 is 0 Å². The van der Waals surface area contributed by atoms with Crippen LogP contribution in [0.5, 0.6) is 0 Å². The number of aromatic nitrogens is 2. The summed E-state index contributed by atoms with van der Waals surface area (Å²) in [7, 11) is 1.59.